The molecule has 0 aliphatic carbocycles. The summed E-state index contributed by atoms with van der Waals surface area (Å²) in [6.07, 6.45) is 3.25. The number of nitrogens with zero attached hydrogens (tertiary/aromatic N) is 3. The van der Waals surface area contributed by atoms with Gasteiger partial charge in [0.2, 0.25) is 0 Å². The van der Waals surface area contributed by atoms with E-state index in [1.165, 1.54) is 7.11 Å². The van der Waals surface area contributed by atoms with Crippen molar-refractivity contribution < 1.29 is 14.3 Å². The van der Waals surface area contributed by atoms with Crippen LogP contribution in [0.4, 0.5) is 10.6 Å². The summed E-state index contributed by atoms with van der Waals surface area (Å²) in [6, 6.07) is 5.77. The molecule has 2 amide bonds. The van der Waals surface area contributed by atoms with E-state index in [1.807, 2.05) is 4.90 Å². The highest BCUT2D eigenvalue weighted by atomic mass is 16.5. The van der Waals surface area contributed by atoms with Gasteiger partial charge in [0.25, 0.3) is 0 Å². The highest BCUT2D eigenvalue weighted by molar-refractivity contribution is 5.89. The molecular formula is C18H26N4O3. The summed E-state index contributed by atoms with van der Waals surface area (Å²) in [6.45, 7) is 5.18. The second-order valence-electron chi connectivity index (χ2n) is 6.67. The molecule has 1 aromatic heterocycles. The van der Waals surface area contributed by atoms with E-state index in [4.69, 9.17) is 0 Å². The maximum absolute atomic E-state index is 12.8. The summed E-state index contributed by atoms with van der Waals surface area (Å²) >= 11 is 0. The van der Waals surface area contributed by atoms with Gasteiger partial charge in [-0.2, -0.15) is 0 Å². The van der Waals surface area contributed by atoms with E-state index < -0.39 is 0 Å². The van der Waals surface area contributed by atoms with Gasteiger partial charge in [0, 0.05) is 25.2 Å². The Labute approximate surface area is 148 Å². The monoisotopic (exact) mass is 346 g/mol. The van der Waals surface area contributed by atoms with Gasteiger partial charge in [0.05, 0.1) is 19.2 Å². The first-order chi connectivity index (χ1) is 12.1. The van der Waals surface area contributed by atoms with Gasteiger partial charge in [-0.15, -0.1) is 0 Å². The molecule has 0 aromatic carbocycles. The van der Waals surface area contributed by atoms with Crippen molar-refractivity contribution in [3.8, 4) is 0 Å². The van der Waals surface area contributed by atoms with Gasteiger partial charge in [0.1, 0.15) is 5.82 Å². The first-order valence-electron chi connectivity index (χ1n) is 8.95. The number of carbonyl (C=O) groups excluding carboxylic acids is 2. The van der Waals surface area contributed by atoms with Crippen LogP contribution in [0.15, 0.2) is 18.2 Å². The van der Waals surface area contributed by atoms with Crippen molar-refractivity contribution in [1.29, 1.82) is 0 Å². The molecule has 2 fully saturated rings. The number of likely N-dealkylation sites (N-methyl/N-ethyl adjacent to an activating group) is 1. The van der Waals surface area contributed by atoms with Crippen LogP contribution >= 0.6 is 0 Å². The Morgan fingerprint density at radius 3 is 2.84 bits per heavy atom. The number of amides is 2. The number of nitrogens with one attached hydrogen (secondary N) is 1. The molecule has 2 unspecified atom stereocenters. The van der Waals surface area contributed by atoms with Crippen molar-refractivity contribution in [2.75, 3.05) is 32.1 Å². The molecule has 0 radical (unpaired) electrons. The van der Waals surface area contributed by atoms with Crippen molar-refractivity contribution in [2.24, 2.45) is 0 Å². The summed E-state index contributed by atoms with van der Waals surface area (Å²) in [5, 5.41) is 2.91. The molecular weight excluding hydrogens is 320 g/mol. The Morgan fingerprint density at radius 2 is 2.08 bits per heavy atom. The molecule has 2 aliphatic heterocycles. The van der Waals surface area contributed by atoms with Crippen molar-refractivity contribution in [3.05, 3.63) is 23.9 Å². The number of hydrogen-bond donors (Lipinski definition) is 1. The lowest BCUT2D eigenvalue weighted by Gasteiger charge is -2.28. The first kappa shape index (κ1) is 17.7. The van der Waals surface area contributed by atoms with Crippen molar-refractivity contribution in [2.45, 2.75) is 44.7 Å². The third-order valence-corrected chi connectivity index (χ3v) is 5.14. The molecule has 2 saturated heterocycles. The molecule has 7 nitrogen and oxygen atoms in total. The summed E-state index contributed by atoms with van der Waals surface area (Å²) in [7, 11) is 1.35. The predicted molar refractivity (Wildman–Crippen MR) is 94.4 cm³/mol. The molecule has 3 heterocycles. The van der Waals surface area contributed by atoms with Crippen LogP contribution in [0.1, 0.15) is 31.9 Å². The minimum Gasteiger partial charge on any atom is -0.469 e. The lowest BCUT2D eigenvalue weighted by Crippen LogP contribution is -2.45. The molecule has 0 saturated carbocycles. The van der Waals surface area contributed by atoms with Crippen LogP contribution in [0.25, 0.3) is 0 Å². The Hall–Kier alpha value is -2.15. The number of carbonyl (C=O) groups is 2. The Bertz CT molecular complexity index is 637. The van der Waals surface area contributed by atoms with Crippen LogP contribution in [-0.2, 0) is 16.0 Å². The Balaban J connectivity index is 1.68. The third-order valence-electron chi connectivity index (χ3n) is 5.14. The zero-order valence-corrected chi connectivity index (χ0v) is 14.9. The molecule has 7 heteroatoms. The number of methoxy groups -OCH3 is 1. The zero-order valence-electron chi connectivity index (χ0n) is 14.9. The quantitative estimate of drug-likeness (QED) is 0.843. The maximum Gasteiger partial charge on any atom is 0.323 e. The second-order valence-corrected chi connectivity index (χ2v) is 6.67. The molecule has 2 aliphatic rings. The van der Waals surface area contributed by atoms with Gasteiger partial charge in [-0.25, -0.2) is 9.78 Å². The topological polar surface area (TPSA) is 74.8 Å². The van der Waals surface area contributed by atoms with E-state index in [9.17, 15) is 9.59 Å². The fourth-order valence-electron chi connectivity index (χ4n) is 3.81. The van der Waals surface area contributed by atoms with E-state index in [0.29, 0.717) is 17.6 Å². The van der Waals surface area contributed by atoms with E-state index in [0.717, 1.165) is 38.9 Å². The third kappa shape index (κ3) is 4.10. The van der Waals surface area contributed by atoms with Gasteiger partial charge in [-0.1, -0.05) is 13.0 Å². The number of rotatable bonds is 4. The van der Waals surface area contributed by atoms with Gasteiger partial charge >= 0.3 is 12.0 Å². The predicted octanol–water partition coefficient (Wildman–Crippen LogP) is 1.89. The smallest absolute Gasteiger partial charge is 0.323 e. The molecule has 25 heavy (non-hydrogen) atoms. The van der Waals surface area contributed by atoms with Gasteiger partial charge in [0.15, 0.2) is 0 Å². The lowest BCUT2D eigenvalue weighted by atomic mass is 10.1. The van der Waals surface area contributed by atoms with Crippen molar-refractivity contribution in [3.63, 3.8) is 0 Å². The second kappa shape index (κ2) is 7.82. The maximum atomic E-state index is 12.8. The number of fused-ring (bicyclic) bond motifs is 2. The van der Waals surface area contributed by atoms with Gasteiger partial charge in [-0.05, 0) is 37.9 Å². The summed E-state index contributed by atoms with van der Waals surface area (Å²) in [5.74, 6) is 0.128. The summed E-state index contributed by atoms with van der Waals surface area (Å²) in [4.78, 5) is 33.0. The van der Waals surface area contributed by atoms with Crippen LogP contribution in [0, 0.1) is 0 Å². The highest BCUT2D eigenvalue weighted by Gasteiger charge is 2.39. The lowest BCUT2D eigenvalue weighted by molar-refractivity contribution is -0.139. The first-order valence-corrected chi connectivity index (χ1v) is 8.95. The van der Waals surface area contributed by atoms with E-state index in [2.05, 4.69) is 26.9 Å². The van der Waals surface area contributed by atoms with Crippen LogP contribution in [-0.4, -0.2) is 65.6 Å². The number of hydrogen-bond acceptors (Lipinski definition) is 5. The fourth-order valence-corrected chi connectivity index (χ4v) is 3.81. The van der Waals surface area contributed by atoms with Crippen molar-refractivity contribution in [1.82, 2.24) is 14.8 Å². The van der Waals surface area contributed by atoms with E-state index in [-0.39, 0.29) is 24.5 Å². The molecule has 1 N–H and O–H groups in total. The normalized spacial score (nSPS) is 23.2. The highest BCUT2D eigenvalue weighted by Crippen LogP contribution is 2.30. The summed E-state index contributed by atoms with van der Waals surface area (Å²) in [5.41, 5.74) is 0.584. The number of anilines is 1. The Morgan fingerprint density at radius 1 is 1.28 bits per heavy atom. The number of ether oxygens (including phenoxy) is 1. The number of likely N-dealkylation sites (tertiary alicyclic amines) is 1. The number of urea groups is 1. The average Bonchev–Trinajstić information content (AvgIpc) is 2.90. The largest absolute Gasteiger partial charge is 0.469 e. The van der Waals surface area contributed by atoms with Gasteiger partial charge < -0.3 is 14.5 Å². The van der Waals surface area contributed by atoms with Crippen LogP contribution in [0.2, 0.25) is 0 Å². The summed E-state index contributed by atoms with van der Waals surface area (Å²) < 4.78 is 4.66. The van der Waals surface area contributed by atoms with E-state index in [1.54, 1.807) is 18.2 Å². The molecule has 2 atom stereocenters. The fraction of sp³-hybridized carbons (Fsp3) is 0.611. The van der Waals surface area contributed by atoms with Crippen LogP contribution in [0.5, 0.6) is 0 Å². The van der Waals surface area contributed by atoms with Crippen LogP contribution < -0.4 is 5.32 Å². The van der Waals surface area contributed by atoms with E-state index >= 15 is 0 Å². The minimum absolute atomic E-state index is 0.0897. The van der Waals surface area contributed by atoms with Crippen molar-refractivity contribution >= 4 is 17.8 Å². The SMILES string of the molecule is CCN1CCC2CCC(C1)N2C(=O)Nc1cccc(CC(=O)OC)n1. The zero-order chi connectivity index (χ0) is 17.8. The molecule has 136 valence electrons. The Kier molecular flexibility index (Phi) is 5.53. The minimum atomic E-state index is -0.346. The molecule has 3 rings (SSSR count). The number of pyridine rings is 1. The molecule has 0 spiro atoms. The van der Waals surface area contributed by atoms with Crippen LogP contribution in [0.3, 0.4) is 0 Å². The average molecular weight is 346 g/mol. The molecule has 1 aromatic rings. The standard InChI is InChI=1S/C18H26N4O3/c1-3-21-10-9-14-7-8-15(12-21)22(14)18(24)20-16-6-4-5-13(19-16)11-17(23)25-2/h4-6,14-15H,3,7-12H2,1-2H3,(H,19,20,24). The molecule has 2 bridgehead atoms. The van der Waals surface area contributed by atoms with Gasteiger partial charge in [-0.3, -0.25) is 10.1 Å². The number of aromatic nitrogens is 1. The number of esters is 1.